The number of aryl methyl sites for hydroxylation is 1. The number of thiophene rings is 1. The fraction of sp³-hybridized carbons (Fsp3) is 0.400. The van der Waals surface area contributed by atoms with E-state index in [2.05, 4.69) is 0 Å². The van der Waals surface area contributed by atoms with Crippen LogP contribution in [0, 0.1) is 0 Å². The van der Waals surface area contributed by atoms with Crippen LogP contribution in [0.4, 0.5) is 0 Å². The number of piperazine rings is 1. The third kappa shape index (κ3) is 3.38. The highest BCUT2D eigenvalue weighted by atomic mass is 35.5. The number of hydrogen-bond acceptors (Lipinski definition) is 3. The van der Waals surface area contributed by atoms with Crippen LogP contribution < -0.4 is 0 Å². The number of carbonyl (C=O) groups excluding carboxylic acids is 2. The number of benzene rings is 1. The number of nitrogens with zero attached hydrogens (tertiary/aromatic N) is 2. The Kier molecular flexibility index (Phi) is 5.00. The Morgan fingerprint density at radius 1 is 0.885 bits per heavy atom. The quantitative estimate of drug-likeness (QED) is 0.783. The van der Waals surface area contributed by atoms with Gasteiger partial charge in [-0.1, -0.05) is 11.6 Å². The van der Waals surface area contributed by atoms with Gasteiger partial charge in [-0.15, -0.1) is 11.3 Å². The SMILES string of the molecule is O=C(c1ccc(Cl)cc1)N1CCN(C(=O)c2csc3c2CCCC3)CC1. The molecule has 1 aliphatic carbocycles. The van der Waals surface area contributed by atoms with Crippen LogP contribution in [0.5, 0.6) is 0 Å². The molecule has 0 N–H and O–H groups in total. The Morgan fingerprint density at radius 3 is 2.19 bits per heavy atom. The molecule has 1 saturated heterocycles. The molecule has 6 heteroatoms. The van der Waals surface area contributed by atoms with Crippen LogP contribution in [0.15, 0.2) is 29.6 Å². The summed E-state index contributed by atoms with van der Waals surface area (Å²) >= 11 is 7.61. The van der Waals surface area contributed by atoms with Crippen molar-refractivity contribution in [1.82, 2.24) is 9.80 Å². The van der Waals surface area contributed by atoms with E-state index in [9.17, 15) is 9.59 Å². The Balaban J connectivity index is 1.40. The smallest absolute Gasteiger partial charge is 0.255 e. The van der Waals surface area contributed by atoms with Gasteiger partial charge in [0.2, 0.25) is 0 Å². The van der Waals surface area contributed by atoms with E-state index in [0.717, 1.165) is 18.4 Å². The molecule has 0 unspecified atom stereocenters. The molecule has 2 heterocycles. The summed E-state index contributed by atoms with van der Waals surface area (Å²) in [5.41, 5.74) is 2.80. The van der Waals surface area contributed by atoms with Gasteiger partial charge in [-0.3, -0.25) is 9.59 Å². The van der Waals surface area contributed by atoms with Gasteiger partial charge >= 0.3 is 0 Å². The van der Waals surface area contributed by atoms with Crippen molar-refractivity contribution in [1.29, 1.82) is 0 Å². The van der Waals surface area contributed by atoms with Crippen molar-refractivity contribution in [2.45, 2.75) is 25.7 Å². The van der Waals surface area contributed by atoms with Gasteiger partial charge in [0.15, 0.2) is 0 Å². The minimum absolute atomic E-state index is 0.00155. The Bertz CT molecular complexity index is 823. The lowest BCUT2D eigenvalue weighted by Gasteiger charge is -2.35. The maximum absolute atomic E-state index is 12.9. The highest BCUT2D eigenvalue weighted by molar-refractivity contribution is 7.10. The predicted molar refractivity (Wildman–Crippen MR) is 104 cm³/mol. The molecule has 0 spiro atoms. The molecule has 0 bridgehead atoms. The van der Waals surface area contributed by atoms with Gasteiger partial charge in [0.05, 0.1) is 5.56 Å². The molecule has 1 fully saturated rings. The van der Waals surface area contributed by atoms with Crippen LogP contribution in [-0.4, -0.2) is 47.8 Å². The first kappa shape index (κ1) is 17.6. The number of carbonyl (C=O) groups is 2. The van der Waals surface area contributed by atoms with E-state index in [1.807, 2.05) is 15.2 Å². The summed E-state index contributed by atoms with van der Waals surface area (Å²) in [5, 5.41) is 2.65. The molecule has 2 aromatic rings. The Labute approximate surface area is 162 Å². The zero-order valence-electron chi connectivity index (χ0n) is 14.5. The Hall–Kier alpha value is -1.85. The van der Waals surface area contributed by atoms with Gasteiger partial charge in [-0.25, -0.2) is 0 Å². The molecular weight excluding hydrogens is 368 g/mol. The molecule has 0 saturated carbocycles. The average Bonchev–Trinajstić information content (AvgIpc) is 3.12. The Morgan fingerprint density at radius 2 is 1.50 bits per heavy atom. The molecule has 26 heavy (non-hydrogen) atoms. The largest absolute Gasteiger partial charge is 0.335 e. The van der Waals surface area contributed by atoms with E-state index in [1.165, 1.54) is 23.3 Å². The summed E-state index contributed by atoms with van der Waals surface area (Å²) in [4.78, 5) is 30.6. The zero-order chi connectivity index (χ0) is 18.1. The summed E-state index contributed by atoms with van der Waals surface area (Å²) in [6.07, 6.45) is 4.53. The monoisotopic (exact) mass is 388 g/mol. The second-order valence-corrected chi connectivity index (χ2v) is 8.25. The highest BCUT2D eigenvalue weighted by Gasteiger charge is 2.28. The molecule has 4 rings (SSSR count). The first-order valence-electron chi connectivity index (χ1n) is 9.07. The summed E-state index contributed by atoms with van der Waals surface area (Å²) in [6, 6.07) is 6.96. The average molecular weight is 389 g/mol. The summed E-state index contributed by atoms with van der Waals surface area (Å²) < 4.78 is 0. The van der Waals surface area contributed by atoms with Crippen LogP contribution in [-0.2, 0) is 12.8 Å². The van der Waals surface area contributed by atoms with E-state index < -0.39 is 0 Å². The van der Waals surface area contributed by atoms with Crippen molar-refractivity contribution >= 4 is 34.8 Å². The lowest BCUT2D eigenvalue weighted by molar-refractivity contribution is 0.0535. The van der Waals surface area contributed by atoms with Gasteiger partial charge in [0.1, 0.15) is 0 Å². The molecule has 1 aliphatic heterocycles. The third-order valence-electron chi connectivity index (χ3n) is 5.24. The molecule has 0 radical (unpaired) electrons. The number of hydrogen-bond donors (Lipinski definition) is 0. The minimum Gasteiger partial charge on any atom is -0.335 e. The van der Waals surface area contributed by atoms with E-state index in [4.69, 9.17) is 11.6 Å². The van der Waals surface area contributed by atoms with Crippen molar-refractivity contribution in [2.24, 2.45) is 0 Å². The first-order chi connectivity index (χ1) is 12.6. The molecule has 1 aromatic carbocycles. The molecular formula is C20H21ClN2O2S. The van der Waals surface area contributed by atoms with Gasteiger partial charge in [-0.05, 0) is 55.5 Å². The number of amides is 2. The first-order valence-corrected chi connectivity index (χ1v) is 10.3. The lowest BCUT2D eigenvalue weighted by Crippen LogP contribution is -2.50. The van der Waals surface area contributed by atoms with Crippen molar-refractivity contribution in [3.8, 4) is 0 Å². The number of fused-ring (bicyclic) bond motifs is 1. The van der Waals surface area contributed by atoms with Crippen LogP contribution in [0.1, 0.15) is 44.0 Å². The third-order valence-corrected chi connectivity index (χ3v) is 6.58. The molecule has 136 valence electrons. The van der Waals surface area contributed by atoms with Crippen LogP contribution in [0.25, 0.3) is 0 Å². The second-order valence-electron chi connectivity index (χ2n) is 6.85. The maximum Gasteiger partial charge on any atom is 0.255 e. The van der Waals surface area contributed by atoms with E-state index in [0.29, 0.717) is 36.8 Å². The van der Waals surface area contributed by atoms with Crippen LogP contribution in [0.3, 0.4) is 0 Å². The lowest BCUT2D eigenvalue weighted by atomic mass is 9.95. The second kappa shape index (κ2) is 7.41. The fourth-order valence-corrected chi connectivity index (χ4v) is 4.98. The predicted octanol–water partition coefficient (Wildman–Crippen LogP) is 3.88. The van der Waals surface area contributed by atoms with Crippen LogP contribution >= 0.6 is 22.9 Å². The standard InChI is InChI=1S/C20H21ClN2O2S/c21-15-7-5-14(6-8-15)19(24)22-9-11-23(12-10-22)20(25)17-13-26-18-4-2-1-3-16(17)18/h5-8,13H,1-4,9-12H2. The fourth-order valence-electron chi connectivity index (χ4n) is 3.73. The molecule has 2 amide bonds. The normalized spacial score (nSPS) is 17.1. The van der Waals surface area contributed by atoms with E-state index in [-0.39, 0.29) is 11.8 Å². The van der Waals surface area contributed by atoms with Gasteiger partial charge in [0.25, 0.3) is 11.8 Å². The summed E-state index contributed by atoms with van der Waals surface area (Å²) in [6.45, 7) is 2.31. The van der Waals surface area contributed by atoms with Gasteiger partial charge < -0.3 is 9.80 Å². The molecule has 2 aliphatic rings. The molecule has 1 aromatic heterocycles. The molecule has 0 atom stereocenters. The molecule has 4 nitrogen and oxygen atoms in total. The van der Waals surface area contributed by atoms with E-state index in [1.54, 1.807) is 35.6 Å². The van der Waals surface area contributed by atoms with Crippen molar-refractivity contribution in [2.75, 3.05) is 26.2 Å². The van der Waals surface area contributed by atoms with Crippen LogP contribution in [0.2, 0.25) is 5.02 Å². The van der Waals surface area contributed by atoms with Crippen molar-refractivity contribution in [3.05, 3.63) is 56.2 Å². The minimum atomic E-state index is 0.00155. The van der Waals surface area contributed by atoms with Gasteiger partial charge in [0, 0.05) is 47.0 Å². The van der Waals surface area contributed by atoms with Crippen molar-refractivity contribution < 1.29 is 9.59 Å². The topological polar surface area (TPSA) is 40.6 Å². The zero-order valence-corrected chi connectivity index (χ0v) is 16.1. The van der Waals surface area contributed by atoms with E-state index >= 15 is 0 Å². The summed E-state index contributed by atoms with van der Waals surface area (Å²) in [5.74, 6) is 0.129. The van der Waals surface area contributed by atoms with Gasteiger partial charge in [-0.2, -0.15) is 0 Å². The highest BCUT2D eigenvalue weighted by Crippen LogP contribution is 2.31. The number of rotatable bonds is 2. The van der Waals surface area contributed by atoms with Crippen molar-refractivity contribution in [3.63, 3.8) is 0 Å². The summed E-state index contributed by atoms with van der Waals surface area (Å²) in [7, 11) is 0. The number of halogens is 1. The maximum atomic E-state index is 12.9.